The molecule has 0 saturated heterocycles. The molecule has 0 rings (SSSR count). The van der Waals surface area contributed by atoms with Crippen LogP contribution in [-0.4, -0.2) is 70.0 Å². The lowest BCUT2D eigenvalue weighted by Gasteiger charge is -2.28. The molecule has 0 aromatic carbocycles. The Hall–Kier alpha value is -5.15. The second kappa shape index (κ2) is 66.3. The van der Waals surface area contributed by atoms with Crippen molar-refractivity contribution < 1.29 is 42.1 Å². The van der Waals surface area contributed by atoms with E-state index in [4.69, 9.17) is 18.5 Å². The van der Waals surface area contributed by atoms with Crippen LogP contribution in [-0.2, 0) is 32.7 Å². The van der Waals surface area contributed by atoms with Gasteiger partial charge in [0.2, 0.25) is 0 Å². The SMILES string of the molecule is CC/C=C\C/C=C\C/C=C\C/C=C\C/C=C\C/C=C\C/C=C\C/C=C\C/C=C\C/C=C\C/C=C\CCCCCCCCCC(=O)OC(COC(=O)CCCCCCCCC/C=C\C/C=C\C/C=C\C/C=C\C/C=C\CC)COP(=O)([O-])OCC[N+](C)(C)C. The van der Waals surface area contributed by atoms with Gasteiger partial charge in [0.1, 0.15) is 19.8 Å². The summed E-state index contributed by atoms with van der Waals surface area (Å²) in [5.41, 5.74) is 0. The van der Waals surface area contributed by atoms with Crippen LogP contribution in [0, 0.1) is 0 Å². The minimum atomic E-state index is -4.66. The molecular formula is C78H124NO8P. The van der Waals surface area contributed by atoms with E-state index in [-0.39, 0.29) is 26.1 Å². The number of nitrogens with zero attached hydrogens (tertiary/aromatic N) is 1. The Labute approximate surface area is 539 Å². The van der Waals surface area contributed by atoms with Crippen molar-refractivity contribution >= 4 is 19.8 Å². The maximum atomic E-state index is 12.9. The average molecular weight is 1230 g/mol. The van der Waals surface area contributed by atoms with Gasteiger partial charge in [0.05, 0.1) is 27.7 Å². The highest BCUT2D eigenvalue weighted by atomic mass is 31.2. The molecule has 0 fully saturated rings. The van der Waals surface area contributed by atoms with Crippen LogP contribution in [0.1, 0.15) is 232 Å². The summed E-state index contributed by atoms with van der Waals surface area (Å²) in [4.78, 5) is 38.0. The number of carbonyl (C=O) groups is 2. The second-order valence-electron chi connectivity index (χ2n) is 23.1. The number of hydrogen-bond acceptors (Lipinski definition) is 8. The zero-order valence-corrected chi connectivity index (χ0v) is 57.0. The molecule has 0 saturated carbocycles. The smallest absolute Gasteiger partial charge is 0.306 e. The molecule has 10 heteroatoms. The van der Waals surface area contributed by atoms with Gasteiger partial charge in [-0.05, 0) is 141 Å². The Balaban J connectivity index is 4.18. The first kappa shape index (κ1) is 82.8. The first-order valence-corrected chi connectivity index (χ1v) is 35.6. The van der Waals surface area contributed by atoms with Crippen LogP contribution in [0.4, 0.5) is 0 Å². The highest BCUT2D eigenvalue weighted by Gasteiger charge is 2.22. The number of esters is 2. The molecule has 494 valence electrons. The van der Waals surface area contributed by atoms with Gasteiger partial charge in [-0.15, -0.1) is 0 Å². The molecule has 0 aromatic rings. The van der Waals surface area contributed by atoms with Crippen molar-refractivity contribution in [2.75, 3.05) is 47.5 Å². The summed E-state index contributed by atoms with van der Waals surface area (Å²) in [5, 5.41) is 0. The minimum absolute atomic E-state index is 0.0460. The topological polar surface area (TPSA) is 111 Å². The molecule has 0 radical (unpaired) electrons. The third-order valence-corrected chi connectivity index (χ3v) is 14.6. The molecule has 2 unspecified atom stereocenters. The normalized spacial score (nSPS) is 14.4. The number of quaternary nitrogens is 1. The number of allylic oxidation sites excluding steroid dienone is 32. The van der Waals surface area contributed by atoms with Gasteiger partial charge >= 0.3 is 11.9 Å². The minimum Gasteiger partial charge on any atom is -0.756 e. The highest BCUT2D eigenvalue weighted by molar-refractivity contribution is 7.45. The summed E-state index contributed by atoms with van der Waals surface area (Å²) in [6.07, 6.45) is 104. The predicted octanol–water partition coefficient (Wildman–Crippen LogP) is 21.9. The fourth-order valence-electron chi connectivity index (χ4n) is 8.45. The molecule has 0 spiro atoms. The molecule has 0 bridgehead atoms. The van der Waals surface area contributed by atoms with Crippen LogP contribution < -0.4 is 4.89 Å². The number of unbranched alkanes of at least 4 members (excludes halogenated alkanes) is 14. The molecular weight excluding hydrogens is 1110 g/mol. The Morgan fingerprint density at radius 3 is 0.909 bits per heavy atom. The van der Waals surface area contributed by atoms with Crippen molar-refractivity contribution in [1.82, 2.24) is 0 Å². The molecule has 0 aliphatic rings. The Morgan fingerprint density at radius 2 is 0.614 bits per heavy atom. The van der Waals surface area contributed by atoms with Gasteiger partial charge in [0.15, 0.2) is 6.10 Å². The quantitative estimate of drug-likeness (QED) is 0.0195. The molecule has 0 amide bonds. The van der Waals surface area contributed by atoms with Crippen LogP contribution in [0.5, 0.6) is 0 Å². The fraction of sp³-hybridized carbons (Fsp3) is 0.564. The molecule has 0 aliphatic heterocycles. The summed E-state index contributed by atoms with van der Waals surface area (Å²) in [6, 6.07) is 0. The Morgan fingerprint density at radius 1 is 0.352 bits per heavy atom. The van der Waals surface area contributed by atoms with Crippen molar-refractivity contribution in [2.24, 2.45) is 0 Å². The second-order valence-corrected chi connectivity index (χ2v) is 24.5. The van der Waals surface area contributed by atoms with E-state index in [2.05, 4.69) is 208 Å². The van der Waals surface area contributed by atoms with Crippen molar-refractivity contribution in [2.45, 2.75) is 238 Å². The van der Waals surface area contributed by atoms with E-state index < -0.39 is 32.5 Å². The Bertz CT molecular complexity index is 2190. The van der Waals surface area contributed by atoms with E-state index in [1.54, 1.807) is 0 Å². The van der Waals surface area contributed by atoms with Crippen LogP contribution >= 0.6 is 7.82 Å². The first-order chi connectivity index (χ1) is 43.0. The zero-order valence-electron chi connectivity index (χ0n) is 56.1. The summed E-state index contributed by atoms with van der Waals surface area (Å²) in [5.74, 6) is -0.873. The lowest BCUT2D eigenvalue weighted by atomic mass is 10.1. The molecule has 0 aromatic heterocycles. The van der Waals surface area contributed by atoms with E-state index in [0.29, 0.717) is 23.9 Å². The lowest BCUT2D eigenvalue weighted by Crippen LogP contribution is -2.37. The number of hydrogen-bond donors (Lipinski definition) is 0. The van der Waals surface area contributed by atoms with Crippen molar-refractivity contribution in [3.05, 3.63) is 194 Å². The standard InChI is InChI=1S/C78H124NO8P/c1-6-8-10-12-14-16-18-20-22-24-26-28-30-31-32-33-34-35-36-37-38-39-40-41-42-43-44-45-46-47-49-51-53-55-57-59-61-63-65-67-69-71-78(81)87-76(75-86-88(82,83)85-73-72-79(3,4)5)74-84-77(80)70-68-66-64-62-60-58-56-54-52-50-48-29-27-25-23-21-19-17-15-13-11-9-7-2/h8-11,14-17,20-23,26-29,31-32,34-35,37-38,40-41,43-44,46-47,50-53,76H,6-7,12-13,18-19,24-25,30,33,36,39,42,45,48-49,54-75H2,1-5H3/b10-8-,11-9-,16-14-,17-15-,22-20-,23-21-,28-26-,29-27-,32-31-,35-34-,38-37-,41-40-,44-43-,47-46-,52-50-,53-51-. The largest absolute Gasteiger partial charge is 0.756 e. The molecule has 0 aliphatic carbocycles. The molecule has 0 N–H and O–H groups in total. The van der Waals surface area contributed by atoms with Crippen LogP contribution in [0.2, 0.25) is 0 Å². The zero-order chi connectivity index (χ0) is 64.1. The lowest BCUT2D eigenvalue weighted by molar-refractivity contribution is -0.870. The molecule has 0 heterocycles. The number of ether oxygens (including phenoxy) is 2. The average Bonchev–Trinajstić information content (AvgIpc) is 3.58. The highest BCUT2D eigenvalue weighted by Crippen LogP contribution is 2.38. The number of phosphoric ester groups is 1. The van der Waals surface area contributed by atoms with Crippen molar-refractivity contribution in [3.63, 3.8) is 0 Å². The first-order valence-electron chi connectivity index (χ1n) is 34.1. The molecule has 88 heavy (non-hydrogen) atoms. The van der Waals surface area contributed by atoms with Gasteiger partial charge in [-0.25, -0.2) is 0 Å². The summed E-state index contributed by atoms with van der Waals surface area (Å²) in [7, 11) is 1.12. The van der Waals surface area contributed by atoms with E-state index in [1.165, 1.54) is 32.1 Å². The maximum Gasteiger partial charge on any atom is 0.306 e. The van der Waals surface area contributed by atoms with Crippen LogP contribution in [0.15, 0.2) is 194 Å². The summed E-state index contributed by atoms with van der Waals surface area (Å²) >= 11 is 0. The Kier molecular flexibility index (Phi) is 62.4. The maximum absolute atomic E-state index is 12.9. The summed E-state index contributed by atoms with van der Waals surface area (Å²) in [6.45, 7) is 3.96. The van der Waals surface area contributed by atoms with E-state index in [0.717, 1.165) is 161 Å². The third kappa shape index (κ3) is 69.9. The van der Waals surface area contributed by atoms with Gasteiger partial charge in [-0.2, -0.15) is 0 Å². The fourth-order valence-corrected chi connectivity index (χ4v) is 9.18. The number of carbonyl (C=O) groups excluding carboxylic acids is 2. The van der Waals surface area contributed by atoms with E-state index >= 15 is 0 Å². The van der Waals surface area contributed by atoms with Gasteiger partial charge in [0, 0.05) is 12.8 Å². The van der Waals surface area contributed by atoms with Gasteiger partial charge in [-0.3, -0.25) is 14.2 Å². The number of likely N-dealkylation sites (N-methyl/N-ethyl adjacent to an activating group) is 1. The van der Waals surface area contributed by atoms with Gasteiger partial charge in [0.25, 0.3) is 7.82 Å². The van der Waals surface area contributed by atoms with Gasteiger partial charge < -0.3 is 27.9 Å². The van der Waals surface area contributed by atoms with Crippen molar-refractivity contribution in [3.8, 4) is 0 Å². The summed E-state index contributed by atoms with van der Waals surface area (Å²) < 4.78 is 34.2. The van der Waals surface area contributed by atoms with Crippen molar-refractivity contribution in [1.29, 1.82) is 0 Å². The van der Waals surface area contributed by atoms with Crippen LogP contribution in [0.25, 0.3) is 0 Å². The monoisotopic (exact) mass is 1230 g/mol. The van der Waals surface area contributed by atoms with Crippen LogP contribution in [0.3, 0.4) is 0 Å². The number of rotatable bonds is 60. The van der Waals surface area contributed by atoms with E-state index in [1.807, 2.05) is 21.1 Å². The van der Waals surface area contributed by atoms with E-state index in [9.17, 15) is 19.0 Å². The number of phosphoric acid groups is 1. The molecule has 9 nitrogen and oxygen atoms in total. The molecule has 2 atom stereocenters. The predicted molar refractivity (Wildman–Crippen MR) is 378 cm³/mol. The van der Waals surface area contributed by atoms with Gasteiger partial charge in [-0.1, -0.05) is 272 Å². The third-order valence-electron chi connectivity index (χ3n) is 13.6.